The third-order valence-electron chi connectivity index (χ3n) is 10.9. The second kappa shape index (κ2) is 17.5. The van der Waals surface area contributed by atoms with Crippen molar-refractivity contribution in [2.24, 2.45) is 36.8 Å². The number of pyridine rings is 2. The topological polar surface area (TPSA) is 7.76 Å². The van der Waals surface area contributed by atoms with Gasteiger partial charge in [-0.2, -0.15) is 0 Å². The molecule has 0 fully saturated rings. The average molecular weight is 747 g/mol. The van der Waals surface area contributed by atoms with Crippen molar-refractivity contribution in [1.29, 1.82) is 0 Å². The molecule has 0 N–H and O–H groups in total. The zero-order valence-electron chi connectivity index (χ0n) is 38.8. The summed E-state index contributed by atoms with van der Waals surface area (Å²) in [7, 11) is 4.21. The minimum Gasteiger partial charge on any atom is -0.200 e. The molecule has 6 aromatic rings. The van der Waals surface area contributed by atoms with E-state index in [0.29, 0.717) is 0 Å². The lowest BCUT2D eigenvalue weighted by Crippen LogP contribution is -2.31. The van der Waals surface area contributed by atoms with Crippen LogP contribution in [0, 0.1) is 36.5 Å². The van der Waals surface area contributed by atoms with Crippen LogP contribution in [0.25, 0.3) is 44.8 Å². The summed E-state index contributed by atoms with van der Waals surface area (Å²) in [5.41, 5.74) is 14.1. The molecule has 56 heavy (non-hydrogen) atoms. The highest BCUT2D eigenvalue weighted by atomic mass is 14.9. The Balaban J connectivity index is 0.000000221. The Morgan fingerprint density at radius 2 is 0.786 bits per heavy atom. The van der Waals surface area contributed by atoms with Gasteiger partial charge in [0.2, 0.25) is 11.4 Å². The standard InChI is InChI=1S/C28H36N.C26H32N/c1-20-11-9-10-12-24(20)25-18-17-23(19-29(25)8)21-13-15-22(16-14-21)26(27(2,3)4)28(5,6)7;1-18(2)26(19(3)4)22-13-11-21(12-14-22)23-15-16-25(27(6)17-23)24-10-8-7-9-20(24)5/h9-19,26H,1-8H3;7-19,26H,1-6H3/q2*+1/i2*26D. The van der Waals surface area contributed by atoms with Crippen LogP contribution in [0.4, 0.5) is 0 Å². The molecule has 292 valence electrons. The summed E-state index contributed by atoms with van der Waals surface area (Å²) in [5, 5.41) is 0. The van der Waals surface area contributed by atoms with E-state index in [1.807, 2.05) is 0 Å². The molecule has 4 aromatic carbocycles. The van der Waals surface area contributed by atoms with Gasteiger partial charge in [-0.1, -0.05) is 154 Å². The Hall–Kier alpha value is -4.82. The van der Waals surface area contributed by atoms with Crippen LogP contribution >= 0.6 is 0 Å². The maximum atomic E-state index is 9.41. The molecule has 0 saturated carbocycles. The molecule has 2 aromatic heterocycles. The first-order chi connectivity index (χ1) is 27.1. The van der Waals surface area contributed by atoms with Gasteiger partial charge in [0.05, 0.1) is 0 Å². The molecule has 0 aliphatic carbocycles. The number of benzene rings is 4. The molecule has 2 heterocycles. The highest BCUT2D eigenvalue weighted by Gasteiger charge is 2.36. The number of hydrogen-bond acceptors (Lipinski definition) is 0. The van der Waals surface area contributed by atoms with Crippen molar-refractivity contribution in [3.63, 3.8) is 0 Å². The molecule has 0 aliphatic heterocycles. The summed E-state index contributed by atoms with van der Waals surface area (Å²) in [6.45, 7) is 25.9. The van der Waals surface area contributed by atoms with Gasteiger partial charge in [-0.3, -0.25) is 0 Å². The van der Waals surface area contributed by atoms with Gasteiger partial charge >= 0.3 is 0 Å². The van der Waals surface area contributed by atoms with Crippen LogP contribution in [0.15, 0.2) is 134 Å². The summed E-state index contributed by atoms with van der Waals surface area (Å²) in [6.07, 6.45) is 4.38. The van der Waals surface area contributed by atoms with Crippen LogP contribution in [0.1, 0.15) is 106 Å². The summed E-state index contributed by atoms with van der Waals surface area (Å²) >= 11 is 0. The second-order valence-corrected chi connectivity index (χ2v) is 18.3. The normalized spacial score (nSPS) is 12.9. The third kappa shape index (κ3) is 9.94. The number of nitrogens with zero attached hydrogens (tertiary/aromatic N) is 2. The van der Waals surface area contributed by atoms with Gasteiger partial charge < -0.3 is 0 Å². The molecule has 0 amide bonds. The van der Waals surface area contributed by atoms with Crippen LogP contribution in [-0.2, 0) is 14.1 Å². The monoisotopic (exact) mass is 747 g/mol. The molecule has 2 heteroatoms. The molecule has 0 saturated heterocycles. The van der Waals surface area contributed by atoms with Crippen LogP contribution in [0.5, 0.6) is 0 Å². The molecule has 0 bridgehead atoms. The summed E-state index contributed by atoms with van der Waals surface area (Å²) in [6, 6.07) is 43.0. The molecule has 6 rings (SSSR count). The van der Waals surface area contributed by atoms with E-state index < -0.39 is 11.8 Å². The molecular formula is C54H68N2+2. The fraction of sp³-hybridized carbons (Fsp3) is 0.370. The molecule has 0 unspecified atom stereocenters. The van der Waals surface area contributed by atoms with Gasteiger partial charge in [-0.25, -0.2) is 9.13 Å². The maximum absolute atomic E-state index is 9.41. The van der Waals surface area contributed by atoms with Crippen molar-refractivity contribution in [2.45, 2.75) is 94.9 Å². The minimum absolute atomic E-state index is 0.172. The fourth-order valence-corrected chi connectivity index (χ4v) is 8.85. The first kappa shape index (κ1) is 39.4. The van der Waals surface area contributed by atoms with E-state index in [1.54, 1.807) is 0 Å². The van der Waals surface area contributed by atoms with Gasteiger partial charge in [-0.05, 0) is 106 Å². The van der Waals surface area contributed by atoms with Crippen LogP contribution in [-0.4, -0.2) is 0 Å². The van der Waals surface area contributed by atoms with Crippen LogP contribution in [0.3, 0.4) is 0 Å². The van der Waals surface area contributed by atoms with E-state index in [1.165, 1.54) is 55.9 Å². The largest absolute Gasteiger partial charge is 0.212 e. The number of aromatic nitrogens is 2. The smallest absolute Gasteiger partial charge is 0.200 e. The summed E-state index contributed by atoms with van der Waals surface area (Å²) in [5.74, 6) is -0.704. The van der Waals surface area contributed by atoms with E-state index in [2.05, 4.69) is 240 Å². The summed E-state index contributed by atoms with van der Waals surface area (Å²) in [4.78, 5) is 0. The van der Waals surface area contributed by atoms with E-state index in [0.717, 1.165) is 11.1 Å². The molecule has 0 atom stereocenters. The van der Waals surface area contributed by atoms with Crippen molar-refractivity contribution in [2.75, 3.05) is 0 Å². The Morgan fingerprint density at radius 3 is 1.11 bits per heavy atom. The molecule has 0 radical (unpaired) electrons. The Morgan fingerprint density at radius 1 is 0.446 bits per heavy atom. The first-order valence-corrected chi connectivity index (χ1v) is 20.4. The highest BCUT2D eigenvalue weighted by molar-refractivity contribution is 5.68. The maximum Gasteiger partial charge on any atom is 0.212 e. The Kier molecular flexibility index (Phi) is 12.3. The van der Waals surface area contributed by atoms with Crippen molar-refractivity contribution >= 4 is 0 Å². The molecule has 2 nitrogen and oxygen atoms in total. The highest BCUT2D eigenvalue weighted by Crippen LogP contribution is 2.47. The number of aryl methyl sites for hydroxylation is 4. The van der Waals surface area contributed by atoms with E-state index in [4.69, 9.17) is 1.37 Å². The Bertz CT molecular complexity index is 2300. The first-order valence-electron chi connectivity index (χ1n) is 21.4. The van der Waals surface area contributed by atoms with Crippen LogP contribution < -0.4 is 9.13 Å². The zero-order chi connectivity index (χ0) is 42.8. The van der Waals surface area contributed by atoms with Gasteiger partial charge in [0.1, 0.15) is 14.1 Å². The predicted octanol–water partition coefficient (Wildman–Crippen LogP) is 13.9. The number of hydrogen-bond donors (Lipinski definition) is 0. The molecular weight excluding hydrogens is 677 g/mol. The zero-order valence-corrected chi connectivity index (χ0v) is 36.8. The lowest BCUT2D eigenvalue weighted by molar-refractivity contribution is -0.660. The molecule has 0 aliphatic rings. The predicted molar refractivity (Wildman–Crippen MR) is 241 cm³/mol. The number of rotatable bonds is 8. The lowest BCUT2D eigenvalue weighted by Gasteiger charge is -2.41. The van der Waals surface area contributed by atoms with Gasteiger partial charge in [0.25, 0.3) is 0 Å². The summed E-state index contributed by atoms with van der Waals surface area (Å²) < 4.78 is 22.8. The van der Waals surface area contributed by atoms with Gasteiger partial charge in [0.15, 0.2) is 12.4 Å². The Labute approximate surface area is 343 Å². The second-order valence-electron chi connectivity index (χ2n) is 18.3. The lowest BCUT2D eigenvalue weighted by atomic mass is 9.63. The minimum atomic E-state index is -0.683. The van der Waals surface area contributed by atoms with Crippen molar-refractivity contribution in [3.8, 4) is 44.8 Å². The van der Waals surface area contributed by atoms with Crippen molar-refractivity contribution in [3.05, 3.63) is 156 Å². The van der Waals surface area contributed by atoms with Crippen molar-refractivity contribution < 1.29 is 11.9 Å². The van der Waals surface area contributed by atoms with Crippen LogP contribution in [0.2, 0.25) is 0 Å². The van der Waals surface area contributed by atoms with Gasteiger partial charge in [-0.15, -0.1) is 0 Å². The SMILES string of the molecule is [2H]C(c1ccc(-c2ccc(-c3ccccc3C)[n+](C)c2)cc1)(C(C)(C)C)C(C)(C)C.[2H]C(c1ccc(-c2ccc(-c3ccccc3C)[n+](C)c2)cc1)(C(C)C)C(C)C. The average Bonchev–Trinajstić information content (AvgIpc) is 3.17. The molecule has 0 spiro atoms. The quantitative estimate of drug-likeness (QED) is 0.137. The van der Waals surface area contributed by atoms with Gasteiger partial charge in [0, 0.05) is 37.1 Å². The van der Waals surface area contributed by atoms with E-state index >= 15 is 0 Å². The third-order valence-corrected chi connectivity index (χ3v) is 10.9. The van der Waals surface area contributed by atoms with E-state index in [9.17, 15) is 1.37 Å². The van der Waals surface area contributed by atoms with E-state index in [-0.39, 0.29) is 22.7 Å². The fourth-order valence-electron chi connectivity index (χ4n) is 8.85. The van der Waals surface area contributed by atoms with Crippen molar-refractivity contribution in [1.82, 2.24) is 0 Å².